The number of ether oxygens (including phenoxy) is 1. The zero-order chi connectivity index (χ0) is 20.3. The Hall–Kier alpha value is -3.01. The standard InChI is InChI=1S/C20H14Cl2FN3O2/c1-11-4-5-25-18(11)20(27)26-10-13-2-3-16(22)19(17(13)23)28-15-7-12(9-24)6-14(21)8-15/h2-8,25H,10H2,1H3,(H,26,27). The number of aromatic nitrogens is 1. The summed E-state index contributed by atoms with van der Waals surface area (Å²) >= 11 is 12.0. The van der Waals surface area contributed by atoms with Gasteiger partial charge in [0.25, 0.3) is 5.91 Å². The summed E-state index contributed by atoms with van der Waals surface area (Å²) in [6.07, 6.45) is 1.65. The second kappa shape index (κ2) is 8.34. The molecule has 0 atom stereocenters. The molecule has 0 aliphatic rings. The van der Waals surface area contributed by atoms with Crippen LogP contribution in [0.25, 0.3) is 0 Å². The SMILES string of the molecule is Cc1cc[nH]c1C(=O)NCc1ccc(Cl)c(Oc2cc(Cl)cc(C#N)c2)c1F. The van der Waals surface area contributed by atoms with Gasteiger partial charge in [-0.25, -0.2) is 4.39 Å². The first-order chi connectivity index (χ1) is 13.4. The van der Waals surface area contributed by atoms with Gasteiger partial charge in [0.2, 0.25) is 0 Å². The number of hydrogen-bond acceptors (Lipinski definition) is 3. The number of carbonyl (C=O) groups excluding carboxylic acids is 1. The maximum Gasteiger partial charge on any atom is 0.268 e. The molecule has 2 aromatic carbocycles. The van der Waals surface area contributed by atoms with Gasteiger partial charge in [0.15, 0.2) is 11.6 Å². The minimum absolute atomic E-state index is 0.0475. The smallest absolute Gasteiger partial charge is 0.268 e. The van der Waals surface area contributed by atoms with Crippen molar-refractivity contribution in [1.82, 2.24) is 10.3 Å². The number of rotatable bonds is 5. The van der Waals surface area contributed by atoms with Gasteiger partial charge in [-0.2, -0.15) is 5.26 Å². The number of hydrogen-bond donors (Lipinski definition) is 2. The van der Waals surface area contributed by atoms with Crippen LogP contribution in [-0.4, -0.2) is 10.9 Å². The first-order valence-electron chi connectivity index (χ1n) is 8.16. The number of nitrogens with one attached hydrogen (secondary N) is 2. The highest BCUT2D eigenvalue weighted by molar-refractivity contribution is 6.32. The third kappa shape index (κ3) is 4.28. The normalized spacial score (nSPS) is 10.4. The Morgan fingerprint density at radius 3 is 2.75 bits per heavy atom. The minimum Gasteiger partial charge on any atom is -0.453 e. The molecule has 142 valence electrons. The topological polar surface area (TPSA) is 77.9 Å². The second-order valence-electron chi connectivity index (χ2n) is 5.96. The van der Waals surface area contributed by atoms with Crippen LogP contribution in [0.1, 0.15) is 27.2 Å². The first-order valence-corrected chi connectivity index (χ1v) is 8.92. The van der Waals surface area contributed by atoms with E-state index in [1.54, 1.807) is 19.2 Å². The van der Waals surface area contributed by atoms with E-state index in [0.29, 0.717) is 5.69 Å². The van der Waals surface area contributed by atoms with Crippen LogP contribution in [0.2, 0.25) is 10.0 Å². The van der Waals surface area contributed by atoms with Crippen molar-refractivity contribution >= 4 is 29.1 Å². The number of nitriles is 1. The van der Waals surface area contributed by atoms with Gasteiger partial charge in [-0.3, -0.25) is 4.79 Å². The quantitative estimate of drug-likeness (QED) is 0.585. The lowest BCUT2D eigenvalue weighted by atomic mass is 10.2. The maximum absolute atomic E-state index is 14.9. The van der Waals surface area contributed by atoms with E-state index in [2.05, 4.69) is 10.3 Å². The molecule has 0 bridgehead atoms. The minimum atomic E-state index is -0.713. The highest BCUT2D eigenvalue weighted by atomic mass is 35.5. The number of H-pyrrole nitrogens is 1. The summed E-state index contributed by atoms with van der Waals surface area (Å²) in [6, 6.07) is 11.0. The molecule has 0 radical (unpaired) electrons. The van der Waals surface area contributed by atoms with Crippen molar-refractivity contribution in [2.45, 2.75) is 13.5 Å². The summed E-state index contributed by atoms with van der Waals surface area (Å²) in [5, 5.41) is 12.0. The van der Waals surface area contributed by atoms with Crippen LogP contribution in [0.4, 0.5) is 4.39 Å². The van der Waals surface area contributed by atoms with Gasteiger partial charge in [-0.1, -0.05) is 29.3 Å². The van der Waals surface area contributed by atoms with Gasteiger partial charge in [0, 0.05) is 23.3 Å². The Labute approximate surface area is 170 Å². The molecule has 5 nitrogen and oxygen atoms in total. The molecule has 3 rings (SSSR count). The monoisotopic (exact) mass is 417 g/mol. The van der Waals surface area contributed by atoms with Crippen LogP contribution >= 0.6 is 23.2 Å². The molecule has 0 aliphatic heterocycles. The molecule has 1 amide bonds. The van der Waals surface area contributed by atoms with Gasteiger partial charge in [-0.15, -0.1) is 0 Å². The molecule has 0 aliphatic carbocycles. The Morgan fingerprint density at radius 1 is 1.29 bits per heavy atom. The molecule has 28 heavy (non-hydrogen) atoms. The molecule has 1 heterocycles. The van der Waals surface area contributed by atoms with Crippen molar-refractivity contribution in [3.8, 4) is 17.6 Å². The van der Waals surface area contributed by atoms with E-state index in [4.69, 9.17) is 33.2 Å². The van der Waals surface area contributed by atoms with Crippen molar-refractivity contribution in [2.75, 3.05) is 0 Å². The molecule has 0 spiro atoms. The fourth-order valence-electron chi connectivity index (χ4n) is 2.56. The second-order valence-corrected chi connectivity index (χ2v) is 6.80. The number of nitrogens with zero attached hydrogens (tertiary/aromatic N) is 1. The molecule has 8 heteroatoms. The summed E-state index contributed by atoms with van der Waals surface area (Å²) in [4.78, 5) is 15.0. The summed E-state index contributed by atoms with van der Waals surface area (Å²) in [7, 11) is 0. The predicted octanol–water partition coefficient (Wildman–Crippen LogP) is 5.36. The van der Waals surface area contributed by atoms with E-state index in [1.807, 2.05) is 6.07 Å². The fraction of sp³-hybridized carbons (Fsp3) is 0.100. The number of halogens is 3. The third-order valence-electron chi connectivity index (χ3n) is 3.97. The van der Waals surface area contributed by atoms with E-state index >= 15 is 0 Å². The van der Waals surface area contributed by atoms with Crippen LogP contribution in [-0.2, 0) is 6.54 Å². The van der Waals surface area contributed by atoms with Crippen molar-refractivity contribution in [2.24, 2.45) is 0 Å². The van der Waals surface area contributed by atoms with Crippen molar-refractivity contribution in [3.63, 3.8) is 0 Å². The largest absolute Gasteiger partial charge is 0.453 e. The average Bonchev–Trinajstić information content (AvgIpc) is 3.09. The summed E-state index contributed by atoms with van der Waals surface area (Å²) in [6.45, 7) is 1.73. The van der Waals surface area contributed by atoms with Gasteiger partial charge in [0.1, 0.15) is 11.4 Å². The Bertz CT molecular complexity index is 1090. The lowest BCUT2D eigenvalue weighted by molar-refractivity contribution is 0.0945. The van der Waals surface area contributed by atoms with Gasteiger partial charge in [0.05, 0.1) is 16.7 Å². The lowest BCUT2D eigenvalue weighted by Crippen LogP contribution is -2.24. The van der Waals surface area contributed by atoms with Gasteiger partial charge in [-0.05, 0) is 42.8 Å². The first kappa shape index (κ1) is 19.7. The highest BCUT2D eigenvalue weighted by Gasteiger charge is 2.17. The lowest BCUT2D eigenvalue weighted by Gasteiger charge is -2.13. The zero-order valence-corrected chi connectivity index (χ0v) is 16.2. The van der Waals surface area contributed by atoms with Crippen molar-refractivity contribution < 1.29 is 13.9 Å². The van der Waals surface area contributed by atoms with Crippen molar-refractivity contribution in [3.05, 3.63) is 80.8 Å². The summed E-state index contributed by atoms with van der Waals surface area (Å²) in [5.74, 6) is -1.11. The van der Waals surface area contributed by atoms with E-state index in [1.165, 1.54) is 30.3 Å². The zero-order valence-electron chi connectivity index (χ0n) is 14.6. The Morgan fingerprint density at radius 2 is 2.07 bits per heavy atom. The molecule has 0 saturated heterocycles. The molecule has 2 N–H and O–H groups in total. The molecule has 0 fully saturated rings. The van der Waals surface area contributed by atoms with E-state index < -0.39 is 5.82 Å². The summed E-state index contributed by atoms with van der Waals surface area (Å²) in [5.41, 5.74) is 1.66. The van der Waals surface area contributed by atoms with Crippen LogP contribution < -0.4 is 10.1 Å². The number of aromatic amines is 1. The number of amides is 1. The van der Waals surface area contributed by atoms with E-state index in [-0.39, 0.29) is 45.1 Å². The molecule has 1 aromatic heterocycles. The summed E-state index contributed by atoms with van der Waals surface area (Å²) < 4.78 is 20.4. The predicted molar refractivity (Wildman–Crippen MR) is 104 cm³/mol. The van der Waals surface area contributed by atoms with Crippen LogP contribution in [0.5, 0.6) is 11.5 Å². The van der Waals surface area contributed by atoms with Crippen LogP contribution in [0.15, 0.2) is 42.6 Å². The molecular weight excluding hydrogens is 404 g/mol. The molecule has 0 saturated carbocycles. The molecular formula is C20H14Cl2FN3O2. The van der Waals surface area contributed by atoms with E-state index in [0.717, 1.165) is 5.56 Å². The number of aryl methyl sites for hydroxylation is 1. The maximum atomic E-state index is 14.9. The van der Waals surface area contributed by atoms with Crippen LogP contribution in [0.3, 0.4) is 0 Å². The number of carbonyl (C=O) groups is 1. The molecule has 3 aromatic rings. The van der Waals surface area contributed by atoms with Gasteiger partial charge < -0.3 is 15.0 Å². The van der Waals surface area contributed by atoms with Crippen molar-refractivity contribution in [1.29, 1.82) is 5.26 Å². The fourth-order valence-corrected chi connectivity index (χ4v) is 2.97. The van der Waals surface area contributed by atoms with Crippen LogP contribution in [0, 0.1) is 24.1 Å². The number of benzene rings is 2. The molecule has 0 unspecified atom stereocenters. The van der Waals surface area contributed by atoms with E-state index in [9.17, 15) is 9.18 Å². The Balaban J connectivity index is 1.82. The highest BCUT2D eigenvalue weighted by Crippen LogP contribution is 2.35. The third-order valence-corrected chi connectivity index (χ3v) is 4.49. The Kier molecular flexibility index (Phi) is 5.88. The average molecular weight is 418 g/mol. The van der Waals surface area contributed by atoms with Gasteiger partial charge >= 0.3 is 0 Å².